The van der Waals surface area contributed by atoms with Crippen LogP contribution in [0.15, 0.2) is 42.7 Å². The van der Waals surface area contributed by atoms with Crippen molar-refractivity contribution in [2.45, 2.75) is 38.9 Å². The van der Waals surface area contributed by atoms with Gasteiger partial charge in [0.05, 0.1) is 47.5 Å². The van der Waals surface area contributed by atoms with Crippen molar-refractivity contribution in [1.82, 2.24) is 14.8 Å². The number of benzene rings is 1. The minimum absolute atomic E-state index is 0.0523. The van der Waals surface area contributed by atoms with Gasteiger partial charge < -0.3 is 15.3 Å². The first-order valence-electron chi connectivity index (χ1n) is 10.0. The van der Waals surface area contributed by atoms with Crippen LogP contribution in [0.25, 0.3) is 0 Å². The number of aliphatic hydroxyl groups excluding tert-OH is 1. The van der Waals surface area contributed by atoms with E-state index in [2.05, 4.69) is 15.4 Å². The van der Waals surface area contributed by atoms with E-state index in [1.165, 1.54) is 18.5 Å². The number of fused-ring (bicyclic) bond motifs is 1. The summed E-state index contributed by atoms with van der Waals surface area (Å²) in [6, 6.07) is 7.86. The number of anilines is 2. The highest BCUT2D eigenvalue weighted by Gasteiger charge is 2.35. The SMILES string of the molecule is CC(CO)Nc1cc(N2C(=O)c3cnn(Cc4ccccc4F)c3C[C@H]2C)c(Cl)cn1. The number of hydrogen-bond donors (Lipinski definition) is 2. The second-order valence-electron chi connectivity index (χ2n) is 7.73. The maximum absolute atomic E-state index is 14.1. The molecule has 1 aliphatic rings. The lowest BCUT2D eigenvalue weighted by Crippen LogP contribution is -2.44. The molecule has 1 aromatic carbocycles. The van der Waals surface area contributed by atoms with Crippen molar-refractivity contribution in [1.29, 1.82) is 0 Å². The van der Waals surface area contributed by atoms with Crippen LogP contribution >= 0.6 is 11.6 Å². The zero-order valence-corrected chi connectivity index (χ0v) is 18.0. The van der Waals surface area contributed by atoms with E-state index < -0.39 is 0 Å². The van der Waals surface area contributed by atoms with Gasteiger partial charge in [-0.3, -0.25) is 9.48 Å². The third kappa shape index (κ3) is 4.13. The van der Waals surface area contributed by atoms with Crippen LogP contribution in [-0.4, -0.2) is 44.5 Å². The highest BCUT2D eigenvalue weighted by Crippen LogP contribution is 2.34. The Bertz CT molecular complexity index is 1120. The number of nitrogens with zero attached hydrogens (tertiary/aromatic N) is 4. The zero-order chi connectivity index (χ0) is 22.1. The van der Waals surface area contributed by atoms with Gasteiger partial charge in [-0.15, -0.1) is 0 Å². The molecule has 0 radical (unpaired) electrons. The molecule has 0 fully saturated rings. The number of amides is 1. The molecule has 2 atom stereocenters. The number of nitrogens with one attached hydrogen (secondary N) is 1. The van der Waals surface area contributed by atoms with E-state index in [1.54, 1.807) is 33.8 Å². The lowest BCUT2D eigenvalue weighted by atomic mass is 9.99. The van der Waals surface area contributed by atoms with Crippen LogP contribution in [-0.2, 0) is 13.0 Å². The van der Waals surface area contributed by atoms with Gasteiger partial charge in [-0.1, -0.05) is 29.8 Å². The Morgan fingerprint density at radius 2 is 2.13 bits per heavy atom. The fourth-order valence-electron chi connectivity index (χ4n) is 3.77. The zero-order valence-electron chi connectivity index (χ0n) is 17.2. The quantitative estimate of drug-likeness (QED) is 0.609. The van der Waals surface area contributed by atoms with Crippen LogP contribution in [0.3, 0.4) is 0 Å². The first kappa shape index (κ1) is 21.3. The first-order chi connectivity index (χ1) is 14.9. The summed E-state index contributed by atoms with van der Waals surface area (Å²) in [6.07, 6.45) is 3.56. The third-order valence-electron chi connectivity index (χ3n) is 5.37. The molecule has 2 N–H and O–H groups in total. The lowest BCUT2D eigenvalue weighted by Gasteiger charge is -2.34. The van der Waals surface area contributed by atoms with E-state index >= 15 is 0 Å². The van der Waals surface area contributed by atoms with Crippen LogP contribution in [0.1, 0.15) is 35.5 Å². The molecule has 1 aliphatic heterocycles. The van der Waals surface area contributed by atoms with Crippen LogP contribution in [0, 0.1) is 5.82 Å². The summed E-state index contributed by atoms with van der Waals surface area (Å²) in [6.45, 7) is 3.96. The smallest absolute Gasteiger partial charge is 0.262 e. The van der Waals surface area contributed by atoms with Gasteiger partial charge >= 0.3 is 0 Å². The van der Waals surface area contributed by atoms with Gasteiger partial charge in [-0.05, 0) is 19.9 Å². The monoisotopic (exact) mass is 443 g/mol. The van der Waals surface area contributed by atoms with Crippen LogP contribution in [0.5, 0.6) is 0 Å². The molecule has 162 valence electrons. The molecule has 3 aromatic rings. The average molecular weight is 444 g/mol. The Labute approximate surface area is 184 Å². The highest BCUT2D eigenvalue weighted by atomic mass is 35.5. The molecule has 2 aromatic heterocycles. The predicted molar refractivity (Wildman–Crippen MR) is 117 cm³/mol. The summed E-state index contributed by atoms with van der Waals surface area (Å²) in [5, 5.41) is 17.1. The van der Waals surface area contributed by atoms with Gasteiger partial charge in [0.15, 0.2) is 0 Å². The van der Waals surface area contributed by atoms with E-state index in [0.29, 0.717) is 34.1 Å². The van der Waals surface area contributed by atoms with Crippen molar-refractivity contribution in [2.75, 3.05) is 16.8 Å². The third-order valence-corrected chi connectivity index (χ3v) is 5.66. The molecular weight excluding hydrogens is 421 g/mol. The van der Waals surface area contributed by atoms with Gasteiger partial charge in [0, 0.05) is 30.1 Å². The van der Waals surface area contributed by atoms with E-state index in [1.807, 2.05) is 13.8 Å². The summed E-state index contributed by atoms with van der Waals surface area (Å²) < 4.78 is 15.8. The molecule has 9 heteroatoms. The van der Waals surface area contributed by atoms with Crippen molar-refractivity contribution in [3.8, 4) is 0 Å². The van der Waals surface area contributed by atoms with E-state index in [-0.39, 0.29) is 37.0 Å². The van der Waals surface area contributed by atoms with Gasteiger partial charge in [-0.25, -0.2) is 9.37 Å². The van der Waals surface area contributed by atoms with Crippen molar-refractivity contribution in [3.05, 3.63) is 70.4 Å². The minimum Gasteiger partial charge on any atom is -0.394 e. The van der Waals surface area contributed by atoms with E-state index in [9.17, 15) is 14.3 Å². The molecule has 0 saturated heterocycles. The number of carbonyl (C=O) groups is 1. The number of pyridine rings is 1. The molecule has 0 bridgehead atoms. The molecule has 4 rings (SSSR count). The Hall–Kier alpha value is -2.97. The van der Waals surface area contributed by atoms with E-state index in [4.69, 9.17) is 11.6 Å². The fraction of sp³-hybridized carbons (Fsp3) is 0.318. The number of aliphatic hydroxyl groups is 1. The van der Waals surface area contributed by atoms with Crippen molar-refractivity contribution in [3.63, 3.8) is 0 Å². The van der Waals surface area contributed by atoms with Gasteiger partial charge in [0.25, 0.3) is 5.91 Å². The van der Waals surface area contributed by atoms with Gasteiger partial charge in [0.2, 0.25) is 0 Å². The Balaban J connectivity index is 1.65. The number of carbonyl (C=O) groups excluding carboxylic acids is 1. The summed E-state index contributed by atoms with van der Waals surface area (Å²) >= 11 is 6.39. The summed E-state index contributed by atoms with van der Waals surface area (Å²) in [4.78, 5) is 19.2. The standard InChI is InChI=1S/C22H23ClFN5O2/c1-13(12-30)27-21-8-20(17(23)10-25-21)29-14(2)7-19-16(22(29)31)9-26-28(19)11-15-5-3-4-6-18(15)24/h3-6,8-10,13-14,30H,7,11-12H2,1-2H3,(H,25,27)/t13?,14-/m1/s1. The molecule has 0 spiro atoms. The second-order valence-corrected chi connectivity index (χ2v) is 8.14. The summed E-state index contributed by atoms with van der Waals surface area (Å²) in [5.41, 5.74) is 2.30. The summed E-state index contributed by atoms with van der Waals surface area (Å²) in [5.74, 6) is -0.00551. The van der Waals surface area contributed by atoms with Crippen LogP contribution in [0.2, 0.25) is 5.02 Å². The largest absolute Gasteiger partial charge is 0.394 e. The van der Waals surface area contributed by atoms with Crippen LogP contribution < -0.4 is 10.2 Å². The number of rotatable bonds is 6. The van der Waals surface area contributed by atoms with Gasteiger partial charge in [0.1, 0.15) is 11.6 Å². The Morgan fingerprint density at radius 3 is 2.87 bits per heavy atom. The number of halogens is 2. The lowest BCUT2D eigenvalue weighted by molar-refractivity contribution is 0.0969. The Kier molecular flexibility index (Phi) is 5.93. The maximum Gasteiger partial charge on any atom is 0.262 e. The maximum atomic E-state index is 14.1. The van der Waals surface area contributed by atoms with Crippen molar-refractivity contribution >= 4 is 29.0 Å². The van der Waals surface area contributed by atoms with Gasteiger partial charge in [-0.2, -0.15) is 5.10 Å². The minimum atomic E-state index is -0.302. The summed E-state index contributed by atoms with van der Waals surface area (Å²) in [7, 11) is 0. The van der Waals surface area contributed by atoms with Crippen molar-refractivity contribution in [2.24, 2.45) is 0 Å². The molecule has 0 aliphatic carbocycles. The Morgan fingerprint density at radius 1 is 1.35 bits per heavy atom. The van der Waals surface area contributed by atoms with Crippen molar-refractivity contribution < 1.29 is 14.3 Å². The fourth-order valence-corrected chi connectivity index (χ4v) is 3.96. The van der Waals surface area contributed by atoms with Crippen LogP contribution in [0.4, 0.5) is 15.9 Å². The molecule has 0 saturated carbocycles. The normalized spacial score (nSPS) is 16.9. The second kappa shape index (κ2) is 8.64. The van der Waals surface area contributed by atoms with E-state index in [0.717, 1.165) is 5.69 Å². The molecule has 7 nitrogen and oxygen atoms in total. The number of aromatic nitrogens is 3. The molecule has 1 unspecified atom stereocenters. The molecule has 1 amide bonds. The molecular formula is C22H23ClFN5O2. The molecule has 3 heterocycles. The average Bonchev–Trinajstić information content (AvgIpc) is 3.14. The molecule has 31 heavy (non-hydrogen) atoms. The predicted octanol–water partition coefficient (Wildman–Crippen LogP) is 3.50. The highest BCUT2D eigenvalue weighted by molar-refractivity contribution is 6.34. The first-order valence-corrected chi connectivity index (χ1v) is 10.4. The topological polar surface area (TPSA) is 83.3 Å². The number of hydrogen-bond acceptors (Lipinski definition) is 5.